The van der Waals surface area contributed by atoms with Crippen LogP contribution in [0.3, 0.4) is 0 Å². The number of allylic oxidation sites excluding steroid dienone is 1. The van der Waals surface area contributed by atoms with E-state index in [1.807, 2.05) is 13.8 Å². The minimum atomic E-state index is -3.38. The van der Waals surface area contributed by atoms with E-state index in [0.29, 0.717) is 19.4 Å². The highest BCUT2D eigenvalue weighted by Gasteiger charge is 2.50. The summed E-state index contributed by atoms with van der Waals surface area (Å²) < 4.78 is 55.2. The second kappa shape index (κ2) is 11.0. The summed E-state index contributed by atoms with van der Waals surface area (Å²) in [7, 11) is -1.95. The fourth-order valence-corrected chi connectivity index (χ4v) is 7.14. The summed E-state index contributed by atoms with van der Waals surface area (Å²) in [5, 5.41) is 10.9. The van der Waals surface area contributed by atoms with Crippen molar-refractivity contribution in [2.75, 3.05) is 26.4 Å². The van der Waals surface area contributed by atoms with Crippen LogP contribution in [0.15, 0.2) is 34.5 Å². The Morgan fingerprint density at radius 2 is 1.94 bits per heavy atom. The molecule has 1 saturated carbocycles. The highest BCUT2D eigenvalue weighted by atomic mass is 32.2. The van der Waals surface area contributed by atoms with E-state index in [0.717, 1.165) is 6.42 Å². The predicted octanol–water partition coefficient (Wildman–Crippen LogP) is 4.86. The molecular weight excluding hydrogens is 486 g/mol. The van der Waals surface area contributed by atoms with Crippen molar-refractivity contribution in [3.05, 3.63) is 41.5 Å². The Hall–Kier alpha value is -2.20. The highest BCUT2D eigenvalue weighted by molar-refractivity contribution is 7.88. The zero-order chi connectivity index (χ0) is 26.8. The monoisotopic (exact) mass is 524 g/mol. The van der Waals surface area contributed by atoms with Crippen molar-refractivity contribution in [3.63, 3.8) is 0 Å². The Bertz CT molecular complexity index is 1120. The minimum Gasteiger partial charge on any atom is -0.354 e. The topological polar surface area (TPSA) is 91.2 Å². The number of carbonyl (C=O) groups excluding carboxylic acids is 1. The van der Waals surface area contributed by atoms with Crippen molar-refractivity contribution in [1.82, 2.24) is 9.62 Å². The van der Waals surface area contributed by atoms with Crippen molar-refractivity contribution < 1.29 is 22.0 Å². The molecule has 1 saturated heterocycles. The van der Waals surface area contributed by atoms with Gasteiger partial charge < -0.3 is 5.32 Å². The van der Waals surface area contributed by atoms with Gasteiger partial charge in [-0.15, -0.1) is 0 Å². The molecule has 1 heterocycles. The SMILES string of the molecule is CN=N/C(=C\C1[C@H](C(C)C)CC[C@]1(C)C(=O)NC[C@@H]1C[C@@H](C)CN1S(C)(=O)=O)c1c(F)cccc1F. The fourth-order valence-electron chi connectivity index (χ4n) is 5.91. The molecule has 1 unspecified atom stereocenters. The van der Waals surface area contributed by atoms with E-state index < -0.39 is 27.1 Å². The Morgan fingerprint density at radius 3 is 2.50 bits per heavy atom. The molecule has 10 heteroatoms. The standard InChI is InChI=1S/C26H38F2N4O3S/c1-16(2)19-10-11-26(4,25(33)30-14-18-12-17(3)15-32(18)36(6,34)35)20(19)13-23(31-29-5)24-21(27)8-7-9-22(24)28/h7-9,13,16-20H,10-12,14-15H2,1-6H3,(H,30,33)/b23-13-,31-29?/t17-,18+,19+,20?,26+/m1/s1. The average Bonchev–Trinajstić information content (AvgIpc) is 3.32. The number of nitrogens with one attached hydrogen (secondary N) is 1. The Morgan fingerprint density at radius 1 is 1.31 bits per heavy atom. The van der Waals surface area contributed by atoms with Crippen LogP contribution in [-0.2, 0) is 14.8 Å². The van der Waals surface area contributed by atoms with Gasteiger partial charge in [0.1, 0.15) is 11.6 Å². The maximum atomic E-state index is 14.6. The van der Waals surface area contributed by atoms with Gasteiger partial charge in [-0.25, -0.2) is 17.2 Å². The minimum absolute atomic E-state index is 0.0672. The molecule has 5 atom stereocenters. The Balaban J connectivity index is 1.93. The van der Waals surface area contributed by atoms with Gasteiger partial charge in [0, 0.05) is 26.2 Å². The van der Waals surface area contributed by atoms with Crippen LogP contribution >= 0.6 is 0 Å². The molecule has 1 aliphatic heterocycles. The van der Waals surface area contributed by atoms with Crippen molar-refractivity contribution >= 4 is 21.6 Å². The third-order valence-electron chi connectivity index (χ3n) is 7.83. The lowest BCUT2D eigenvalue weighted by atomic mass is 9.72. The van der Waals surface area contributed by atoms with Gasteiger partial charge in [0.15, 0.2) is 0 Å². The smallest absolute Gasteiger partial charge is 0.226 e. The number of benzene rings is 1. The van der Waals surface area contributed by atoms with Crippen LogP contribution in [0, 0.1) is 40.7 Å². The highest BCUT2D eigenvalue weighted by Crippen LogP contribution is 2.51. The molecular formula is C26H38F2N4O3S. The van der Waals surface area contributed by atoms with E-state index in [4.69, 9.17) is 0 Å². The van der Waals surface area contributed by atoms with Gasteiger partial charge in [0.2, 0.25) is 15.9 Å². The summed E-state index contributed by atoms with van der Waals surface area (Å²) in [5.74, 6) is -1.49. The van der Waals surface area contributed by atoms with Crippen LogP contribution in [-0.4, -0.2) is 51.1 Å². The maximum Gasteiger partial charge on any atom is 0.226 e. The molecule has 1 aromatic rings. The number of hydrogen-bond acceptors (Lipinski definition) is 5. The molecule has 1 aromatic carbocycles. The zero-order valence-electron chi connectivity index (χ0n) is 22.0. The van der Waals surface area contributed by atoms with Gasteiger partial charge in [-0.2, -0.15) is 14.5 Å². The molecule has 0 aromatic heterocycles. The molecule has 0 radical (unpaired) electrons. The van der Waals surface area contributed by atoms with E-state index in [9.17, 15) is 22.0 Å². The fraction of sp³-hybridized carbons (Fsp3) is 0.654. The molecule has 2 fully saturated rings. The first-order valence-corrected chi connectivity index (χ1v) is 14.4. The van der Waals surface area contributed by atoms with Crippen LogP contribution in [0.1, 0.15) is 52.5 Å². The third kappa shape index (κ3) is 5.85. The van der Waals surface area contributed by atoms with Crippen molar-refractivity contribution in [1.29, 1.82) is 0 Å². The number of sulfonamides is 1. The van der Waals surface area contributed by atoms with E-state index in [1.54, 1.807) is 6.08 Å². The van der Waals surface area contributed by atoms with Gasteiger partial charge in [-0.1, -0.05) is 39.8 Å². The molecule has 0 bridgehead atoms. The summed E-state index contributed by atoms with van der Waals surface area (Å²) in [6, 6.07) is 3.35. The Kier molecular flexibility index (Phi) is 8.70. The molecule has 1 N–H and O–H groups in total. The summed E-state index contributed by atoms with van der Waals surface area (Å²) in [4.78, 5) is 13.6. The molecule has 7 nitrogen and oxygen atoms in total. The largest absolute Gasteiger partial charge is 0.354 e. The van der Waals surface area contributed by atoms with Gasteiger partial charge in [0.05, 0.1) is 22.9 Å². The van der Waals surface area contributed by atoms with Crippen molar-refractivity contribution in [3.8, 4) is 0 Å². The number of amides is 1. The molecule has 1 aliphatic carbocycles. The molecule has 36 heavy (non-hydrogen) atoms. The van der Waals surface area contributed by atoms with Gasteiger partial charge in [-0.05, 0) is 55.1 Å². The first kappa shape index (κ1) is 28.4. The summed E-state index contributed by atoms with van der Waals surface area (Å²) in [6.07, 6.45) is 4.94. The Labute approximate surface area is 213 Å². The second-order valence-electron chi connectivity index (χ2n) is 10.9. The normalized spacial score (nSPS) is 30.0. The lowest BCUT2D eigenvalue weighted by Crippen LogP contribution is -2.48. The van der Waals surface area contributed by atoms with Crippen LogP contribution in [0.4, 0.5) is 8.78 Å². The first-order chi connectivity index (χ1) is 16.8. The third-order valence-corrected chi connectivity index (χ3v) is 9.13. The van der Waals surface area contributed by atoms with Crippen LogP contribution in [0.5, 0.6) is 0 Å². The molecule has 2 aliphatic rings. The molecule has 200 valence electrons. The quantitative estimate of drug-likeness (QED) is 0.492. The predicted molar refractivity (Wildman–Crippen MR) is 136 cm³/mol. The number of halogens is 2. The maximum absolute atomic E-state index is 14.6. The van der Waals surface area contributed by atoms with E-state index in [2.05, 4.69) is 29.4 Å². The molecule has 1 amide bonds. The van der Waals surface area contributed by atoms with Gasteiger partial charge in [-0.3, -0.25) is 4.79 Å². The molecule has 3 rings (SSSR count). The molecule has 0 spiro atoms. The van der Waals surface area contributed by atoms with Gasteiger partial charge in [0.25, 0.3) is 0 Å². The van der Waals surface area contributed by atoms with Crippen LogP contribution < -0.4 is 5.32 Å². The summed E-state index contributed by atoms with van der Waals surface area (Å²) in [5.41, 5.74) is -1.05. The first-order valence-electron chi connectivity index (χ1n) is 12.5. The van der Waals surface area contributed by atoms with Crippen molar-refractivity contribution in [2.45, 2.75) is 53.0 Å². The summed E-state index contributed by atoms with van der Waals surface area (Å²) >= 11 is 0. The van der Waals surface area contributed by atoms with E-state index >= 15 is 0 Å². The van der Waals surface area contributed by atoms with E-state index in [1.165, 1.54) is 35.8 Å². The van der Waals surface area contributed by atoms with E-state index in [-0.39, 0.29) is 53.4 Å². The lowest BCUT2D eigenvalue weighted by Gasteiger charge is -2.33. The number of carbonyl (C=O) groups is 1. The van der Waals surface area contributed by atoms with Crippen molar-refractivity contribution in [2.24, 2.45) is 39.3 Å². The number of azo groups is 1. The second-order valence-corrected chi connectivity index (χ2v) is 12.8. The van der Waals surface area contributed by atoms with Gasteiger partial charge >= 0.3 is 0 Å². The number of rotatable bonds is 8. The van der Waals surface area contributed by atoms with Crippen LogP contribution in [0.25, 0.3) is 5.70 Å². The van der Waals surface area contributed by atoms with Crippen LogP contribution in [0.2, 0.25) is 0 Å². The number of nitrogens with zero attached hydrogens (tertiary/aromatic N) is 3. The zero-order valence-corrected chi connectivity index (χ0v) is 22.8. The summed E-state index contributed by atoms with van der Waals surface area (Å²) in [6.45, 7) is 8.68. The lowest BCUT2D eigenvalue weighted by molar-refractivity contribution is -0.131. The average molecular weight is 525 g/mol. The number of hydrogen-bond donors (Lipinski definition) is 1.